The minimum Gasteiger partial charge on any atom is -0.477 e. The number of anilines is 1. The van der Waals surface area contributed by atoms with Crippen molar-refractivity contribution in [3.63, 3.8) is 0 Å². The van der Waals surface area contributed by atoms with Gasteiger partial charge in [-0.15, -0.1) is 11.3 Å². The molecule has 3 N–H and O–H groups in total. The molecule has 14 heteroatoms. The van der Waals surface area contributed by atoms with Crippen molar-refractivity contribution in [2.45, 2.75) is 25.6 Å². The molecular weight excluding hydrogens is 561 g/mol. The molecule has 0 spiro atoms. The van der Waals surface area contributed by atoms with E-state index in [9.17, 15) is 32.7 Å². The number of hydrogen-bond donors (Lipinski definition) is 3. The van der Waals surface area contributed by atoms with Crippen molar-refractivity contribution in [1.29, 1.82) is 0 Å². The van der Waals surface area contributed by atoms with Gasteiger partial charge in [-0.3, -0.25) is 10.1 Å². The Morgan fingerprint density at radius 2 is 2.00 bits per heavy atom. The largest absolute Gasteiger partial charge is 0.477 e. The van der Waals surface area contributed by atoms with E-state index in [0.29, 0.717) is 29.7 Å². The predicted molar refractivity (Wildman–Crippen MR) is 148 cm³/mol. The number of alkyl halides is 3. The Kier molecular flexibility index (Phi) is 7.53. The van der Waals surface area contributed by atoms with Crippen molar-refractivity contribution in [2.24, 2.45) is 0 Å². The van der Waals surface area contributed by atoms with E-state index in [1.165, 1.54) is 24.5 Å². The number of nitrogens with zero attached hydrogens (tertiary/aromatic N) is 4. The number of likely N-dealkylation sites (N-methyl/N-ethyl adjacent to an activating group) is 1. The first-order chi connectivity index (χ1) is 19.5. The Bertz CT molecular complexity index is 1720. The second kappa shape index (κ2) is 10.9. The van der Waals surface area contributed by atoms with Crippen molar-refractivity contribution in [3.05, 3.63) is 63.5 Å². The molecule has 1 aliphatic heterocycles. The monoisotopic (exact) mass is 586 g/mol. The molecule has 0 bridgehead atoms. The summed E-state index contributed by atoms with van der Waals surface area (Å²) in [5.41, 5.74) is -0.548. The number of nitrogens with one attached hydrogen (secondary N) is 2. The molecule has 3 aromatic heterocycles. The van der Waals surface area contributed by atoms with E-state index in [4.69, 9.17) is 0 Å². The van der Waals surface area contributed by atoms with Gasteiger partial charge in [-0.25, -0.2) is 19.6 Å². The van der Waals surface area contributed by atoms with Gasteiger partial charge in [0, 0.05) is 53.4 Å². The van der Waals surface area contributed by atoms with Crippen LogP contribution in [0.15, 0.2) is 46.8 Å². The Morgan fingerprint density at radius 1 is 1.22 bits per heavy atom. The van der Waals surface area contributed by atoms with E-state index < -0.39 is 29.3 Å². The number of benzene rings is 1. The van der Waals surface area contributed by atoms with Gasteiger partial charge in [0.15, 0.2) is 5.69 Å². The smallest absolute Gasteiger partial charge is 0.434 e. The van der Waals surface area contributed by atoms with Crippen LogP contribution in [0.4, 0.5) is 23.8 Å². The number of aromatic nitrogens is 3. The molecule has 2 amide bonds. The average Bonchev–Trinajstić information content (AvgIpc) is 3.58. The molecule has 0 aliphatic carbocycles. The summed E-state index contributed by atoms with van der Waals surface area (Å²) in [6.07, 6.45) is -1.13. The maximum atomic E-state index is 13.4. The number of halogens is 3. The topological polar surface area (TPSA) is 129 Å². The molecule has 1 fully saturated rings. The molecule has 1 aromatic carbocycles. The van der Waals surface area contributed by atoms with Crippen LogP contribution < -0.4 is 16.1 Å². The number of carbonyl (C=O) groups excluding carboxylic acids is 1. The van der Waals surface area contributed by atoms with Crippen molar-refractivity contribution in [3.8, 4) is 21.7 Å². The van der Waals surface area contributed by atoms with Gasteiger partial charge < -0.3 is 19.9 Å². The third-order valence-electron chi connectivity index (χ3n) is 6.84. The van der Waals surface area contributed by atoms with Gasteiger partial charge in [0.05, 0.1) is 5.52 Å². The van der Waals surface area contributed by atoms with E-state index >= 15 is 0 Å². The lowest BCUT2D eigenvalue weighted by Gasteiger charge is -2.20. The third kappa shape index (κ3) is 5.65. The highest BCUT2D eigenvalue weighted by Crippen LogP contribution is 2.39. The maximum Gasteiger partial charge on any atom is 0.434 e. The van der Waals surface area contributed by atoms with Crippen molar-refractivity contribution < 1.29 is 27.9 Å². The molecule has 4 aromatic rings. The summed E-state index contributed by atoms with van der Waals surface area (Å²) in [6.45, 7) is 3.57. The zero-order valence-electron chi connectivity index (χ0n) is 22.0. The molecule has 10 nitrogen and oxygen atoms in total. The van der Waals surface area contributed by atoms with Gasteiger partial charge in [-0.1, -0.05) is 6.07 Å². The summed E-state index contributed by atoms with van der Waals surface area (Å²) < 4.78 is 41.9. The predicted octanol–water partition coefficient (Wildman–Crippen LogP) is 4.92. The number of amides is 2. The molecule has 4 heterocycles. The van der Waals surface area contributed by atoms with Gasteiger partial charge in [0.25, 0.3) is 0 Å². The molecular formula is C27H25F3N6O4S. The van der Waals surface area contributed by atoms with Gasteiger partial charge in [-0.2, -0.15) is 13.2 Å². The Morgan fingerprint density at radius 3 is 2.63 bits per heavy atom. The molecule has 0 saturated carbocycles. The fourth-order valence-electron chi connectivity index (χ4n) is 4.90. The highest BCUT2D eigenvalue weighted by Gasteiger charge is 2.34. The minimum atomic E-state index is -4.65. The Labute approximate surface area is 235 Å². The molecule has 5 rings (SSSR count). The highest BCUT2D eigenvalue weighted by molar-refractivity contribution is 7.13. The summed E-state index contributed by atoms with van der Waals surface area (Å²) in [4.78, 5) is 47.5. The average molecular weight is 587 g/mol. The highest BCUT2D eigenvalue weighted by atomic mass is 32.1. The van der Waals surface area contributed by atoms with Crippen molar-refractivity contribution in [1.82, 2.24) is 24.8 Å². The lowest BCUT2D eigenvalue weighted by molar-refractivity contribution is -0.140. The third-order valence-corrected chi connectivity index (χ3v) is 7.72. The number of likely N-dealkylation sites (tertiary alicyclic amines) is 1. The number of rotatable bonds is 6. The number of pyridine rings is 2. The fourth-order valence-corrected chi connectivity index (χ4v) is 5.75. The number of thiazole rings is 1. The van der Waals surface area contributed by atoms with Crippen LogP contribution in [-0.2, 0) is 6.18 Å². The second-order valence-corrected chi connectivity index (χ2v) is 10.5. The lowest BCUT2D eigenvalue weighted by atomic mass is 9.99. The van der Waals surface area contributed by atoms with Crippen LogP contribution in [0.3, 0.4) is 0 Å². The van der Waals surface area contributed by atoms with E-state index in [1.54, 1.807) is 19.1 Å². The normalized spacial score (nSPS) is 15.8. The van der Waals surface area contributed by atoms with E-state index in [0.717, 1.165) is 29.7 Å². The summed E-state index contributed by atoms with van der Waals surface area (Å²) in [7, 11) is 1.96. The fraction of sp³-hybridized carbons (Fsp3) is 0.296. The molecule has 0 radical (unpaired) electrons. The number of fused-ring (bicyclic) bond motifs is 1. The molecule has 41 heavy (non-hydrogen) atoms. The molecule has 214 valence electrons. The van der Waals surface area contributed by atoms with Crippen LogP contribution in [0, 0.1) is 0 Å². The van der Waals surface area contributed by atoms with Crippen molar-refractivity contribution in [2.75, 3.05) is 32.0 Å². The number of carboxylic acid groups (broad SMARTS) is 1. The van der Waals surface area contributed by atoms with Gasteiger partial charge in [-0.05, 0) is 50.7 Å². The summed E-state index contributed by atoms with van der Waals surface area (Å²) in [6, 6.07) is 5.75. The number of urea groups is 1. The summed E-state index contributed by atoms with van der Waals surface area (Å²) in [5.74, 6) is -1.27. The van der Waals surface area contributed by atoms with Crippen LogP contribution in [0.2, 0.25) is 0 Å². The van der Waals surface area contributed by atoms with Gasteiger partial charge in [0.2, 0.25) is 5.43 Å². The summed E-state index contributed by atoms with van der Waals surface area (Å²) >= 11 is 0.773. The van der Waals surface area contributed by atoms with Gasteiger partial charge in [0.1, 0.15) is 16.4 Å². The SMILES string of the molecule is CCNC(=O)Nc1cc(-c2nc(C(F)(F)F)cs2)c(-c2ccc3c(c2)c(=O)c(C(=O)O)cn3[C@H]2CCN(C)C2)cn1. The molecule has 1 aliphatic rings. The zero-order valence-corrected chi connectivity index (χ0v) is 22.8. The number of carbonyl (C=O) groups is 2. The Balaban J connectivity index is 1.69. The summed E-state index contributed by atoms with van der Waals surface area (Å²) in [5, 5.41) is 15.9. The second-order valence-electron chi connectivity index (χ2n) is 9.66. The van der Waals surface area contributed by atoms with Crippen LogP contribution in [0.25, 0.3) is 32.6 Å². The van der Waals surface area contributed by atoms with E-state index in [2.05, 4.69) is 25.5 Å². The molecule has 1 atom stereocenters. The standard InChI is InChI=1S/C27H25F3N6O4S/c1-3-31-26(40)34-22-9-16(24-33-21(13-41-24)27(28,29)30)18(10-32-22)14-4-5-20-17(8-14)23(37)19(25(38)39)12-36(20)15-6-7-35(2)11-15/h4-5,8-10,12-13,15H,3,6-7,11H2,1-2H3,(H,38,39)(H2,31,32,34,40)/t15-/m0/s1. The molecule has 1 saturated heterocycles. The zero-order chi connectivity index (χ0) is 29.5. The minimum absolute atomic E-state index is 0.0273. The van der Waals surface area contributed by atoms with E-state index in [-0.39, 0.29) is 33.4 Å². The van der Waals surface area contributed by atoms with Crippen LogP contribution >= 0.6 is 11.3 Å². The van der Waals surface area contributed by atoms with Crippen LogP contribution in [0.5, 0.6) is 0 Å². The Hall–Kier alpha value is -4.30. The first-order valence-electron chi connectivity index (χ1n) is 12.7. The first kappa shape index (κ1) is 28.2. The van der Waals surface area contributed by atoms with Crippen LogP contribution in [0.1, 0.15) is 35.4 Å². The quantitative estimate of drug-likeness (QED) is 0.292. The van der Waals surface area contributed by atoms with Crippen molar-refractivity contribution >= 4 is 40.1 Å². The van der Waals surface area contributed by atoms with Gasteiger partial charge >= 0.3 is 18.2 Å². The van der Waals surface area contributed by atoms with Crippen LogP contribution in [-0.4, -0.2) is 63.2 Å². The number of aromatic carboxylic acids is 1. The number of hydrogen-bond acceptors (Lipinski definition) is 7. The maximum absolute atomic E-state index is 13.4. The number of carboxylic acids is 1. The first-order valence-corrected chi connectivity index (χ1v) is 13.5. The molecule has 0 unspecified atom stereocenters. The lowest BCUT2D eigenvalue weighted by Crippen LogP contribution is -2.28. The van der Waals surface area contributed by atoms with E-state index in [1.807, 2.05) is 11.6 Å².